The van der Waals surface area contributed by atoms with Crippen molar-refractivity contribution in [2.75, 3.05) is 6.54 Å². The first-order valence-electron chi connectivity index (χ1n) is 7.49. The zero-order chi connectivity index (χ0) is 13.3. The first-order valence-corrected chi connectivity index (χ1v) is 7.49. The number of aryl methyl sites for hydroxylation is 2. The van der Waals surface area contributed by atoms with Gasteiger partial charge >= 0.3 is 0 Å². The molecule has 4 heteroatoms. The van der Waals surface area contributed by atoms with Gasteiger partial charge in [0.1, 0.15) is 5.76 Å². The lowest BCUT2D eigenvalue weighted by Gasteiger charge is -2.23. The van der Waals surface area contributed by atoms with Crippen molar-refractivity contribution in [3.05, 3.63) is 17.0 Å². The van der Waals surface area contributed by atoms with Gasteiger partial charge in [0.15, 0.2) is 0 Å². The highest BCUT2D eigenvalue weighted by atomic mass is 16.5. The molecule has 19 heavy (non-hydrogen) atoms. The van der Waals surface area contributed by atoms with E-state index in [0.29, 0.717) is 6.10 Å². The topological polar surface area (TPSA) is 47.3 Å². The third-order valence-electron chi connectivity index (χ3n) is 4.71. The van der Waals surface area contributed by atoms with Crippen LogP contribution in [0.3, 0.4) is 0 Å². The van der Waals surface area contributed by atoms with Crippen LogP contribution < -0.4 is 5.32 Å². The molecule has 1 aliphatic heterocycles. The number of nitrogens with zero attached hydrogens (tertiary/aromatic N) is 1. The molecule has 1 aliphatic carbocycles. The van der Waals surface area contributed by atoms with Crippen LogP contribution >= 0.6 is 0 Å². The Morgan fingerprint density at radius 2 is 2.05 bits per heavy atom. The largest absolute Gasteiger partial charge is 0.370 e. The number of ether oxygens (including phenoxy) is 1. The van der Waals surface area contributed by atoms with Crippen molar-refractivity contribution in [2.45, 2.75) is 70.6 Å². The van der Waals surface area contributed by atoms with E-state index in [1.54, 1.807) is 0 Å². The van der Waals surface area contributed by atoms with Crippen molar-refractivity contribution < 1.29 is 9.26 Å². The van der Waals surface area contributed by atoms with Crippen LogP contribution in [-0.2, 0) is 11.3 Å². The summed E-state index contributed by atoms with van der Waals surface area (Å²) in [7, 11) is 0. The molecule has 1 aromatic rings. The molecule has 1 aromatic heterocycles. The summed E-state index contributed by atoms with van der Waals surface area (Å²) in [6.07, 6.45) is 8.08. The standard InChI is InChI=1S/C15H24N2O2/c1-11-14(12(2)19-17-11)10-16-9-13-5-8-15(18-13)6-3-4-7-15/h13,16H,3-10H2,1-2H3. The van der Waals surface area contributed by atoms with Gasteiger partial charge in [-0.05, 0) is 39.5 Å². The van der Waals surface area contributed by atoms with E-state index in [4.69, 9.17) is 9.26 Å². The minimum atomic E-state index is 0.245. The van der Waals surface area contributed by atoms with E-state index in [0.717, 1.165) is 24.5 Å². The van der Waals surface area contributed by atoms with Crippen molar-refractivity contribution in [3.63, 3.8) is 0 Å². The Morgan fingerprint density at radius 3 is 2.74 bits per heavy atom. The highest BCUT2D eigenvalue weighted by Gasteiger charge is 2.41. The van der Waals surface area contributed by atoms with Crippen LogP contribution in [0, 0.1) is 13.8 Å². The first-order chi connectivity index (χ1) is 9.19. The summed E-state index contributed by atoms with van der Waals surface area (Å²) in [5.41, 5.74) is 2.42. The summed E-state index contributed by atoms with van der Waals surface area (Å²) in [5, 5.41) is 7.47. The third kappa shape index (κ3) is 2.70. The Morgan fingerprint density at radius 1 is 1.26 bits per heavy atom. The lowest BCUT2D eigenvalue weighted by atomic mass is 9.98. The second-order valence-electron chi connectivity index (χ2n) is 6.10. The van der Waals surface area contributed by atoms with Gasteiger partial charge in [0.2, 0.25) is 0 Å². The number of hydrogen-bond acceptors (Lipinski definition) is 4. The second kappa shape index (κ2) is 5.25. The quantitative estimate of drug-likeness (QED) is 0.908. The lowest BCUT2D eigenvalue weighted by Crippen LogP contribution is -2.31. The fourth-order valence-electron chi connectivity index (χ4n) is 3.54. The second-order valence-corrected chi connectivity index (χ2v) is 6.10. The van der Waals surface area contributed by atoms with E-state index in [2.05, 4.69) is 10.5 Å². The van der Waals surface area contributed by atoms with Gasteiger partial charge in [-0.3, -0.25) is 0 Å². The van der Waals surface area contributed by atoms with Gasteiger partial charge in [0, 0.05) is 18.7 Å². The van der Waals surface area contributed by atoms with Crippen LogP contribution in [0.1, 0.15) is 55.5 Å². The van der Waals surface area contributed by atoms with Gasteiger partial charge in [-0.15, -0.1) is 0 Å². The fourth-order valence-corrected chi connectivity index (χ4v) is 3.54. The number of aromatic nitrogens is 1. The maximum absolute atomic E-state index is 6.29. The molecule has 4 nitrogen and oxygen atoms in total. The molecule has 106 valence electrons. The van der Waals surface area contributed by atoms with Crippen molar-refractivity contribution >= 4 is 0 Å². The van der Waals surface area contributed by atoms with Crippen LogP contribution in [0.4, 0.5) is 0 Å². The molecule has 1 N–H and O–H groups in total. The van der Waals surface area contributed by atoms with Crippen molar-refractivity contribution in [1.82, 2.24) is 10.5 Å². The SMILES string of the molecule is Cc1noc(C)c1CNCC1CCC2(CCCC2)O1. The van der Waals surface area contributed by atoms with Gasteiger partial charge in [-0.2, -0.15) is 0 Å². The average molecular weight is 264 g/mol. The number of rotatable bonds is 4. The molecular weight excluding hydrogens is 240 g/mol. The molecule has 0 radical (unpaired) electrons. The van der Waals surface area contributed by atoms with Crippen LogP contribution in [0.15, 0.2) is 4.52 Å². The van der Waals surface area contributed by atoms with Gasteiger partial charge in [-0.25, -0.2) is 0 Å². The molecular formula is C15H24N2O2. The lowest BCUT2D eigenvalue weighted by molar-refractivity contribution is -0.0351. The Kier molecular flexibility index (Phi) is 3.63. The van der Waals surface area contributed by atoms with E-state index < -0.39 is 0 Å². The van der Waals surface area contributed by atoms with Crippen LogP contribution in [0.25, 0.3) is 0 Å². The summed E-state index contributed by atoms with van der Waals surface area (Å²) in [6, 6.07) is 0. The summed E-state index contributed by atoms with van der Waals surface area (Å²) in [5.74, 6) is 0.921. The van der Waals surface area contributed by atoms with Crippen LogP contribution in [0.5, 0.6) is 0 Å². The Hall–Kier alpha value is -0.870. The Balaban J connectivity index is 1.46. The molecule has 0 bridgehead atoms. The fraction of sp³-hybridized carbons (Fsp3) is 0.800. The molecule has 3 rings (SSSR count). The van der Waals surface area contributed by atoms with Crippen molar-refractivity contribution in [2.24, 2.45) is 0 Å². The molecule has 2 aliphatic rings. The van der Waals surface area contributed by atoms with Crippen molar-refractivity contribution in [1.29, 1.82) is 0 Å². The monoisotopic (exact) mass is 264 g/mol. The summed E-state index contributed by atoms with van der Waals surface area (Å²) >= 11 is 0. The van der Waals surface area contributed by atoms with Crippen molar-refractivity contribution in [3.8, 4) is 0 Å². The first kappa shape index (κ1) is 13.1. The van der Waals surface area contributed by atoms with Crippen LogP contribution in [-0.4, -0.2) is 23.4 Å². The molecule has 1 unspecified atom stereocenters. The van der Waals surface area contributed by atoms with E-state index in [9.17, 15) is 0 Å². The maximum Gasteiger partial charge on any atom is 0.138 e. The molecule has 1 spiro atoms. The summed E-state index contributed by atoms with van der Waals surface area (Å²) in [6.45, 7) is 5.73. The Bertz CT molecular complexity index is 416. The zero-order valence-corrected chi connectivity index (χ0v) is 12.0. The highest BCUT2D eigenvalue weighted by molar-refractivity contribution is 5.20. The molecule has 1 atom stereocenters. The highest BCUT2D eigenvalue weighted by Crippen LogP contribution is 2.43. The minimum absolute atomic E-state index is 0.245. The Labute approximate surface area is 114 Å². The van der Waals surface area contributed by atoms with E-state index in [-0.39, 0.29) is 5.60 Å². The third-order valence-corrected chi connectivity index (χ3v) is 4.71. The maximum atomic E-state index is 6.29. The minimum Gasteiger partial charge on any atom is -0.370 e. The molecule has 0 amide bonds. The van der Waals surface area contributed by atoms with Gasteiger partial charge in [0.05, 0.1) is 17.4 Å². The zero-order valence-electron chi connectivity index (χ0n) is 12.0. The predicted octanol–water partition coefficient (Wildman–Crippen LogP) is 2.87. The number of nitrogens with one attached hydrogen (secondary N) is 1. The van der Waals surface area contributed by atoms with E-state index >= 15 is 0 Å². The molecule has 1 saturated carbocycles. The van der Waals surface area contributed by atoms with E-state index in [1.807, 2.05) is 13.8 Å². The molecule has 0 aromatic carbocycles. The van der Waals surface area contributed by atoms with Crippen LogP contribution in [0.2, 0.25) is 0 Å². The van der Waals surface area contributed by atoms with Gasteiger partial charge < -0.3 is 14.6 Å². The smallest absolute Gasteiger partial charge is 0.138 e. The summed E-state index contributed by atoms with van der Waals surface area (Å²) < 4.78 is 11.5. The molecule has 2 fully saturated rings. The molecule has 1 saturated heterocycles. The molecule has 2 heterocycles. The average Bonchev–Trinajstić information content (AvgIpc) is 3.09. The normalized spacial score (nSPS) is 25.5. The summed E-state index contributed by atoms with van der Waals surface area (Å²) in [4.78, 5) is 0. The van der Waals surface area contributed by atoms with Gasteiger partial charge in [0.25, 0.3) is 0 Å². The van der Waals surface area contributed by atoms with E-state index in [1.165, 1.54) is 44.1 Å². The number of hydrogen-bond donors (Lipinski definition) is 1. The van der Waals surface area contributed by atoms with Gasteiger partial charge in [-0.1, -0.05) is 18.0 Å². The predicted molar refractivity (Wildman–Crippen MR) is 73.0 cm³/mol.